The van der Waals surface area contributed by atoms with Gasteiger partial charge in [0.2, 0.25) is 5.91 Å². The number of carbonyl (C=O) groups excluding carboxylic acids is 2. The summed E-state index contributed by atoms with van der Waals surface area (Å²) in [5, 5.41) is 2.97. The number of nitrogens with zero attached hydrogens (tertiary/aromatic N) is 1. The Labute approximate surface area is 411 Å². The van der Waals surface area contributed by atoms with Crippen molar-refractivity contribution in [3.8, 4) is 0 Å². The van der Waals surface area contributed by atoms with Gasteiger partial charge in [0.1, 0.15) is 19.3 Å². The van der Waals surface area contributed by atoms with Crippen LogP contribution in [0.5, 0.6) is 0 Å². The maximum atomic E-state index is 13.4. The van der Waals surface area contributed by atoms with E-state index in [9.17, 15) is 19.0 Å². The van der Waals surface area contributed by atoms with Gasteiger partial charge in [-0.2, -0.15) is 0 Å². The number of rotatable bonds is 46. The van der Waals surface area contributed by atoms with Crippen molar-refractivity contribution in [1.82, 2.24) is 5.32 Å². The van der Waals surface area contributed by atoms with Crippen molar-refractivity contribution in [3.63, 3.8) is 0 Å². The van der Waals surface area contributed by atoms with Gasteiger partial charge in [0, 0.05) is 12.8 Å². The molecule has 0 aromatic carbocycles. The Balaban J connectivity index is 5.62. The fraction of sp³-hybridized carbons (Fsp3) is 0.684. The molecule has 2 N–H and O–H groups in total. The van der Waals surface area contributed by atoms with E-state index in [4.69, 9.17) is 13.8 Å². The van der Waals surface area contributed by atoms with E-state index in [0.717, 1.165) is 64.2 Å². The second kappa shape index (κ2) is 46.6. The first-order chi connectivity index (χ1) is 32.4. The smallest absolute Gasteiger partial charge is 0.456 e. The van der Waals surface area contributed by atoms with Gasteiger partial charge in [-0.15, -0.1) is 0 Å². The molecule has 67 heavy (non-hydrogen) atoms. The van der Waals surface area contributed by atoms with Crippen molar-refractivity contribution >= 4 is 19.7 Å². The van der Waals surface area contributed by atoms with Crippen LogP contribution in [0.1, 0.15) is 201 Å². The SMILES string of the molecule is CC/C=C/C/C=C/C/C=C/C/C=C/C/C=C/CCC(=O)NC(COP(=O)(O)OCC[N+](C)(C)C)C(/C=C/CCCCCCCCCCCC)OC(=O)CC/C=C/C/C=C\CCCCCCCC. The minimum atomic E-state index is -4.47. The van der Waals surface area contributed by atoms with Gasteiger partial charge in [0.25, 0.3) is 0 Å². The molecule has 0 aliphatic rings. The van der Waals surface area contributed by atoms with Crippen molar-refractivity contribution in [2.75, 3.05) is 40.9 Å². The van der Waals surface area contributed by atoms with Crippen molar-refractivity contribution in [2.45, 2.75) is 213 Å². The van der Waals surface area contributed by atoms with Crippen LogP contribution in [-0.2, 0) is 27.9 Å². The predicted octanol–water partition coefficient (Wildman–Crippen LogP) is 15.7. The van der Waals surface area contributed by atoms with Crippen molar-refractivity contribution < 1.29 is 37.3 Å². The summed E-state index contributed by atoms with van der Waals surface area (Å²) in [4.78, 5) is 37.4. The summed E-state index contributed by atoms with van der Waals surface area (Å²) in [6.45, 7) is 6.76. The maximum absolute atomic E-state index is 13.4. The number of phosphoric acid groups is 1. The Morgan fingerprint density at radius 2 is 0.955 bits per heavy atom. The molecular weight excluding hydrogens is 856 g/mol. The number of hydrogen-bond acceptors (Lipinski definition) is 6. The van der Waals surface area contributed by atoms with Crippen LogP contribution in [0.3, 0.4) is 0 Å². The molecule has 1 amide bonds. The summed E-state index contributed by atoms with van der Waals surface area (Å²) >= 11 is 0. The fourth-order valence-electron chi connectivity index (χ4n) is 6.92. The van der Waals surface area contributed by atoms with Gasteiger partial charge in [-0.05, 0) is 83.1 Å². The minimum Gasteiger partial charge on any atom is -0.456 e. The monoisotopic (exact) mass is 956 g/mol. The highest BCUT2D eigenvalue weighted by atomic mass is 31.2. The lowest BCUT2D eigenvalue weighted by Crippen LogP contribution is -2.47. The van der Waals surface area contributed by atoms with Gasteiger partial charge < -0.3 is 19.4 Å². The molecule has 0 saturated carbocycles. The molecule has 0 fully saturated rings. The number of esters is 1. The first-order valence-corrected chi connectivity index (χ1v) is 28.1. The van der Waals surface area contributed by atoms with Crippen LogP contribution in [0.15, 0.2) is 97.2 Å². The Morgan fingerprint density at radius 3 is 1.43 bits per heavy atom. The van der Waals surface area contributed by atoms with E-state index in [2.05, 4.69) is 92.9 Å². The van der Waals surface area contributed by atoms with Crippen LogP contribution < -0.4 is 5.32 Å². The molecule has 0 heterocycles. The molecule has 0 rings (SSSR count). The summed E-state index contributed by atoms with van der Waals surface area (Å²) in [5.41, 5.74) is 0. The van der Waals surface area contributed by atoms with Crippen LogP contribution >= 0.6 is 7.82 Å². The zero-order valence-corrected chi connectivity index (χ0v) is 44.5. The first-order valence-electron chi connectivity index (χ1n) is 26.6. The normalized spacial score (nSPS) is 14.7. The highest BCUT2D eigenvalue weighted by Crippen LogP contribution is 2.43. The van der Waals surface area contributed by atoms with Gasteiger partial charge >= 0.3 is 13.8 Å². The molecule has 0 bridgehead atoms. The molecule has 0 radical (unpaired) electrons. The number of unbranched alkanes of at least 4 members (excludes halogenated alkanes) is 16. The summed E-state index contributed by atoms with van der Waals surface area (Å²) in [6.07, 6.45) is 61.5. The Bertz CT molecular complexity index is 1470. The third-order valence-corrected chi connectivity index (χ3v) is 12.0. The van der Waals surface area contributed by atoms with Crippen molar-refractivity contribution in [3.05, 3.63) is 97.2 Å². The van der Waals surface area contributed by atoms with E-state index < -0.39 is 25.9 Å². The third-order valence-electron chi connectivity index (χ3n) is 11.0. The third kappa shape index (κ3) is 47.8. The second-order valence-electron chi connectivity index (χ2n) is 18.7. The Kier molecular flexibility index (Phi) is 44.5. The molecule has 0 aliphatic carbocycles. The van der Waals surface area contributed by atoms with Gasteiger partial charge in [-0.25, -0.2) is 4.57 Å². The fourth-order valence-corrected chi connectivity index (χ4v) is 7.65. The van der Waals surface area contributed by atoms with Crippen molar-refractivity contribution in [1.29, 1.82) is 0 Å². The molecule has 9 nitrogen and oxygen atoms in total. The Morgan fingerprint density at radius 1 is 0.537 bits per heavy atom. The van der Waals surface area contributed by atoms with E-state index in [-0.39, 0.29) is 32.0 Å². The topological polar surface area (TPSA) is 111 Å². The van der Waals surface area contributed by atoms with Crippen LogP contribution in [-0.4, -0.2) is 74.3 Å². The molecule has 0 aromatic rings. The highest BCUT2D eigenvalue weighted by molar-refractivity contribution is 7.47. The Hall–Kier alpha value is -3.07. The molecular formula is C57H100N2O7P+. The van der Waals surface area contributed by atoms with Crippen molar-refractivity contribution in [2.24, 2.45) is 0 Å². The molecule has 0 saturated heterocycles. The molecule has 3 atom stereocenters. The molecule has 0 aliphatic heterocycles. The summed E-state index contributed by atoms with van der Waals surface area (Å²) in [6, 6.07) is -0.913. The van der Waals surface area contributed by atoms with Crippen LogP contribution in [0.2, 0.25) is 0 Å². The highest BCUT2D eigenvalue weighted by Gasteiger charge is 2.30. The second-order valence-corrected chi connectivity index (χ2v) is 20.1. The lowest BCUT2D eigenvalue weighted by Gasteiger charge is -2.27. The zero-order chi connectivity index (χ0) is 49.4. The van der Waals surface area contributed by atoms with Gasteiger partial charge in [0.15, 0.2) is 0 Å². The van der Waals surface area contributed by atoms with E-state index in [1.807, 2.05) is 45.4 Å². The largest absolute Gasteiger partial charge is 0.472 e. The zero-order valence-electron chi connectivity index (χ0n) is 43.6. The number of likely N-dealkylation sites (N-methyl/N-ethyl adjacent to an activating group) is 1. The quantitative estimate of drug-likeness (QED) is 0.0205. The number of nitrogens with one attached hydrogen (secondary N) is 1. The van der Waals surface area contributed by atoms with E-state index >= 15 is 0 Å². The molecule has 3 unspecified atom stereocenters. The summed E-state index contributed by atoms with van der Waals surface area (Å²) in [7, 11) is 1.41. The number of hydrogen-bond donors (Lipinski definition) is 2. The van der Waals surface area contributed by atoms with Gasteiger partial charge in [-0.1, -0.05) is 202 Å². The molecule has 0 spiro atoms. The molecule has 384 valence electrons. The van der Waals surface area contributed by atoms with E-state index in [1.54, 1.807) is 6.08 Å². The van der Waals surface area contributed by atoms with E-state index in [1.165, 1.54) is 89.9 Å². The first kappa shape index (κ1) is 63.9. The maximum Gasteiger partial charge on any atom is 0.472 e. The number of amides is 1. The summed E-state index contributed by atoms with van der Waals surface area (Å²) < 4.78 is 30.4. The number of quaternary nitrogens is 1. The van der Waals surface area contributed by atoms with Crippen LogP contribution in [0.25, 0.3) is 0 Å². The number of ether oxygens (including phenoxy) is 1. The molecule has 0 aromatic heterocycles. The predicted molar refractivity (Wildman–Crippen MR) is 286 cm³/mol. The number of allylic oxidation sites excluding steroid dienone is 15. The standard InChI is InChI=1S/C57H99N2O7P/c1-7-10-13-16-19-22-25-28-29-30-32-34-37-40-43-46-49-56(60)58-54(53-65-67(62,63)64-52-51-59(4,5)6)55(48-45-42-39-36-33-27-24-21-18-15-12-9-3)66-57(61)50-47-44-41-38-35-31-26-23-20-17-14-11-8-2/h10,13,19,22,28-29,31-32,34-35,40-41,43-45,48,54-55H,7-9,11-12,14-18,20-21,23-27,30,33,36-39,42,46-47,49-53H2,1-6H3,(H-,58,60,62,63)/p+1/b13-10+,22-19+,29-28+,34-32+,35-31-,43-40+,44-41+,48-45+. The van der Waals surface area contributed by atoms with Crippen LogP contribution in [0, 0.1) is 0 Å². The average molecular weight is 956 g/mol. The minimum absolute atomic E-state index is 0.0150. The number of carbonyl (C=O) groups is 2. The van der Waals surface area contributed by atoms with E-state index in [0.29, 0.717) is 23.9 Å². The van der Waals surface area contributed by atoms with Crippen LogP contribution in [0.4, 0.5) is 0 Å². The van der Waals surface area contributed by atoms with Gasteiger partial charge in [0.05, 0.1) is 33.8 Å². The molecule has 10 heteroatoms. The lowest BCUT2D eigenvalue weighted by molar-refractivity contribution is -0.870. The number of phosphoric ester groups is 1. The average Bonchev–Trinajstić information content (AvgIpc) is 3.28. The summed E-state index contributed by atoms with van der Waals surface area (Å²) in [5.74, 6) is -0.689. The van der Waals surface area contributed by atoms with Gasteiger partial charge in [-0.3, -0.25) is 18.6 Å². The lowest BCUT2D eigenvalue weighted by atomic mass is 10.1.